The number of nitrogens with zero attached hydrogens (tertiary/aromatic N) is 1. The molecule has 2 aromatic heterocycles. The van der Waals surface area contributed by atoms with E-state index >= 15 is 0 Å². The van der Waals surface area contributed by atoms with E-state index in [2.05, 4.69) is 34.3 Å². The molecule has 0 bridgehead atoms. The molecule has 0 aromatic carbocycles. The molecule has 0 aliphatic heterocycles. The average molecular weight is 245 g/mol. The Labute approximate surface area is 107 Å². The SMILES string of the molecule is COCC(C)Nc1ccc(-c2ccnc(C)c2)[nH]1. The molecule has 2 rings (SSSR count). The van der Waals surface area contributed by atoms with Gasteiger partial charge in [-0.3, -0.25) is 4.98 Å². The van der Waals surface area contributed by atoms with Gasteiger partial charge in [0.15, 0.2) is 0 Å². The van der Waals surface area contributed by atoms with E-state index in [4.69, 9.17) is 4.74 Å². The highest BCUT2D eigenvalue weighted by molar-refractivity contribution is 5.63. The number of hydrogen-bond donors (Lipinski definition) is 2. The number of anilines is 1. The van der Waals surface area contributed by atoms with Crippen molar-refractivity contribution in [3.63, 3.8) is 0 Å². The molecule has 0 aliphatic carbocycles. The lowest BCUT2D eigenvalue weighted by Gasteiger charge is -2.12. The van der Waals surface area contributed by atoms with Gasteiger partial charge in [-0.15, -0.1) is 0 Å². The Hall–Kier alpha value is -1.81. The van der Waals surface area contributed by atoms with Gasteiger partial charge in [0.2, 0.25) is 0 Å². The minimum atomic E-state index is 0.278. The van der Waals surface area contributed by atoms with Crippen molar-refractivity contribution in [1.29, 1.82) is 0 Å². The highest BCUT2D eigenvalue weighted by atomic mass is 16.5. The average Bonchev–Trinajstić information content (AvgIpc) is 2.78. The van der Waals surface area contributed by atoms with Crippen LogP contribution in [0.3, 0.4) is 0 Å². The van der Waals surface area contributed by atoms with Crippen molar-refractivity contribution in [3.05, 3.63) is 36.2 Å². The van der Waals surface area contributed by atoms with Gasteiger partial charge in [0, 0.05) is 36.3 Å². The van der Waals surface area contributed by atoms with Gasteiger partial charge >= 0.3 is 0 Å². The first-order valence-corrected chi connectivity index (χ1v) is 6.06. The van der Waals surface area contributed by atoms with Crippen molar-refractivity contribution < 1.29 is 4.74 Å². The second kappa shape index (κ2) is 5.69. The molecule has 0 aliphatic rings. The highest BCUT2D eigenvalue weighted by Crippen LogP contribution is 2.21. The minimum absolute atomic E-state index is 0.278. The van der Waals surface area contributed by atoms with Gasteiger partial charge in [-0.05, 0) is 38.1 Å². The molecule has 2 heterocycles. The maximum atomic E-state index is 5.10. The fraction of sp³-hybridized carbons (Fsp3) is 0.357. The van der Waals surface area contributed by atoms with E-state index in [1.807, 2.05) is 25.3 Å². The molecule has 96 valence electrons. The molecule has 0 radical (unpaired) electrons. The third kappa shape index (κ3) is 3.11. The number of H-pyrrole nitrogens is 1. The van der Waals surface area contributed by atoms with Crippen molar-refractivity contribution in [3.8, 4) is 11.3 Å². The number of ether oxygens (including phenoxy) is 1. The molecule has 4 heteroatoms. The smallest absolute Gasteiger partial charge is 0.103 e. The highest BCUT2D eigenvalue weighted by Gasteiger charge is 2.05. The number of aromatic nitrogens is 2. The molecule has 1 atom stereocenters. The Kier molecular flexibility index (Phi) is 3.99. The van der Waals surface area contributed by atoms with Crippen LogP contribution < -0.4 is 5.32 Å². The van der Waals surface area contributed by atoms with Gasteiger partial charge in [0.25, 0.3) is 0 Å². The van der Waals surface area contributed by atoms with Gasteiger partial charge < -0.3 is 15.0 Å². The summed E-state index contributed by atoms with van der Waals surface area (Å²) in [7, 11) is 1.71. The molecular formula is C14H19N3O. The zero-order valence-electron chi connectivity index (χ0n) is 11.0. The van der Waals surface area contributed by atoms with Gasteiger partial charge in [-0.2, -0.15) is 0 Å². The third-order valence-electron chi connectivity index (χ3n) is 2.71. The summed E-state index contributed by atoms with van der Waals surface area (Å²) < 4.78 is 5.10. The van der Waals surface area contributed by atoms with Gasteiger partial charge in [0.1, 0.15) is 5.82 Å². The van der Waals surface area contributed by atoms with Gasteiger partial charge in [-0.25, -0.2) is 0 Å². The number of aryl methyl sites for hydroxylation is 1. The molecule has 0 fully saturated rings. The summed E-state index contributed by atoms with van der Waals surface area (Å²) in [6, 6.07) is 8.45. The first-order valence-electron chi connectivity index (χ1n) is 6.06. The Balaban J connectivity index is 2.10. The van der Waals surface area contributed by atoms with Gasteiger partial charge in [-0.1, -0.05) is 0 Å². The quantitative estimate of drug-likeness (QED) is 0.851. The standard InChI is InChI=1S/C14H19N3O/c1-10-8-12(6-7-15-10)13-4-5-14(17-13)16-11(2)9-18-3/h4-8,11,16-17H,9H2,1-3H3. The molecular weight excluding hydrogens is 226 g/mol. The van der Waals surface area contributed by atoms with Crippen LogP contribution in [0.1, 0.15) is 12.6 Å². The number of methoxy groups -OCH3 is 1. The van der Waals surface area contributed by atoms with E-state index in [9.17, 15) is 0 Å². The zero-order valence-corrected chi connectivity index (χ0v) is 11.0. The van der Waals surface area contributed by atoms with Crippen molar-refractivity contribution in [2.45, 2.75) is 19.9 Å². The molecule has 2 aromatic rings. The number of pyridine rings is 1. The van der Waals surface area contributed by atoms with E-state index in [-0.39, 0.29) is 6.04 Å². The van der Waals surface area contributed by atoms with Crippen LogP contribution in [0.2, 0.25) is 0 Å². The maximum Gasteiger partial charge on any atom is 0.103 e. The molecule has 4 nitrogen and oxygen atoms in total. The summed E-state index contributed by atoms with van der Waals surface area (Å²) in [5.74, 6) is 1.00. The van der Waals surface area contributed by atoms with E-state index in [0.717, 1.165) is 22.8 Å². The number of rotatable bonds is 5. The van der Waals surface area contributed by atoms with Crippen molar-refractivity contribution in [2.75, 3.05) is 19.0 Å². The normalized spacial score (nSPS) is 12.4. The molecule has 0 spiro atoms. The van der Waals surface area contributed by atoms with E-state index < -0.39 is 0 Å². The monoisotopic (exact) mass is 245 g/mol. The lowest BCUT2D eigenvalue weighted by Crippen LogP contribution is -2.20. The molecule has 0 saturated heterocycles. The van der Waals surface area contributed by atoms with Crippen LogP contribution in [0.15, 0.2) is 30.5 Å². The minimum Gasteiger partial charge on any atom is -0.383 e. The zero-order chi connectivity index (χ0) is 13.0. The maximum absolute atomic E-state index is 5.10. The largest absolute Gasteiger partial charge is 0.383 e. The van der Waals surface area contributed by atoms with E-state index in [1.165, 1.54) is 0 Å². The van der Waals surface area contributed by atoms with Crippen LogP contribution >= 0.6 is 0 Å². The lowest BCUT2D eigenvalue weighted by atomic mass is 10.2. The Morgan fingerprint density at radius 3 is 2.94 bits per heavy atom. The summed E-state index contributed by atoms with van der Waals surface area (Å²) in [4.78, 5) is 7.55. The first kappa shape index (κ1) is 12.6. The number of hydrogen-bond acceptors (Lipinski definition) is 3. The second-order valence-electron chi connectivity index (χ2n) is 4.47. The first-order chi connectivity index (χ1) is 8.69. The second-order valence-corrected chi connectivity index (χ2v) is 4.47. The van der Waals surface area contributed by atoms with Crippen LogP contribution in [0.25, 0.3) is 11.3 Å². The number of nitrogens with one attached hydrogen (secondary N) is 2. The lowest BCUT2D eigenvalue weighted by molar-refractivity contribution is 0.190. The number of aromatic amines is 1. The topological polar surface area (TPSA) is 49.9 Å². The Bertz CT molecular complexity index is 507. The van der Waals surface area contributed by atoms with E-state index in [1.54, 1.807) is 7.11 Å². The Morgan fingerprint density at radius 1 is 1.39 bits per heavy atom. The Morgan fingerprint density at radius 2 is 2.22 bits per heavy atom. The van der Waals surface area contributed by atoms with Crippen LogP contribution in [0.4, 0.5) is 5.82 Å². The predicted octanol–water partition coefficient (Wildman–Crippen LogP) is 2.83. The van der Waals surface area contributed by atoms with Crippen molar-refractivity contribution >= 4 is 5.82 Å². The molecule has 18 heavy (non-hydrogen) atoms. The van der Waals surface area contributed by atoms with Crippen LogP contribution in [-0.4, -0.2) is 29.7 Å². The molecule has 2 N–H and O–H groups in total. The van der Waals surface area contributed by atoms with Crippen LogP contribution in [0.5, 0.6) is 0 Å². The summed E-state index contributed by atoms with van der Waals surface area (Å²) in [6.45, 7) is 4.76. The van der Waals surface area contributed by atoms with Crippen LogP contribution in [-0.2, 0) is 4.74 Å². The summed E-state index contributed by atoms with van der Waals surface area (Å²) in [5.41, 5.74) is 3.26. The molecule has 0 saturated carbocycles. The van der Waals surface area contributed by atoms with E-state index in [0.29, 0.717) is 6.61 Å². The van der Waals surface area contributed by atoms with Crippen LogP contribution in [0, 0.1) is 6.92 Å². The molecule has 1 unspecified atom stereocenters. The third-order valence-corrected chi connectivity index (χ3v) is 2.71. The summed E-state index contributed by atoms with van der Waals surface area (Å²) in [6.07, 6.45) is 1.83. The van der Waals surface area contributed by atoms with Gasteiger partial charge in [0.05, 0.1) is 6.61 Å². The fourth-order valence-electron chi connectivity index (χ4n) is 1.92. The predicted molar refractivity (Wildman–Crippen MR) is 73.7 cm³/mol. The summed E-state index contributed by atoms with van der Waals surface area (Å²) >= 11 is 0. The fourth-order valence-corrected chi connectivity index (χ4v) is 1.92. The van der Waals surface area contributed by atoms with Crippen molar-refractivity contribution in [2.24, 2.45) is 0 Å². The molecule has 0 amide bonds. The van der Waals surface area contributed by atoms with Crippen molar-refractivity contribution in [1.82, 2.24) is 9.97 Å². The summed E-state index contributed by atoms with van der Waals surface area (Å²) in [5, 5.41) is 3.35.